The van der Waals surface area contributed by atoms with E-state index in [2.05, 4.69) is 25.8 Å². The van der Waals surface area contributed by atoms with Gasteiger partial charge in [-0.25, -0.2) is 9.97 Å². The normalized spacial score (nSPS) is 17.3. The maximum absolute atomic E-state index is 9.81. The van der Waals surface area contributed by atoms with E-state index in [0.717, 1.165) is 26.2 Å². The first kappa shape index (κ1) is 13.7. The molecule has 102 valence electrons. The molecular formula is C13H19N5O. The maximum Gasteiger partial charge on any atom is 0.183 e. The van der Waals surface area contributed by atoms with Gasteiger partial charge in [0.15, 0.2) is 11.5 Å². The number of nitrogens with zero attached hydrogens (tertiary/aromatic N) is 5. The largest absolute Gasteiger partial charge is 0.389 e. The Balaban J connectivity index is 1.99. The smallest absolute Gasteiger partial charge is 0.183 e. The molecule has 0 atom stereocenters. The third-order valence-electron chi connectivity index (χ3n) is 3.07. The summed E-state index contributed by atoms with van der Waals surface area (Å²) in [7, 11) is 0. The van der Waals surface area contributed by atoms with E-state index in [1.165, 1.54) is 6.20 Å². The van der Waals surface area contributed by atoms with Crippen LogP contribution in [0, 0.1) is 11.3 Å². The van der Waals surface area contributed by atoms with Gasteiger partial charge < -0.3 is 10.0 Å². The molecule has 2 rings (SSSR count). The number of piperazine rings is 1. The molecule has 0 saturated carbocycles. The van der Waals surface area contributed by atoms with Crippen LogP contribution >= 0.6 is 0 Å². The van der Waals surface area contributed by atoms with Gasteiger partial charge in [-0.1, -0.05) is 0 Å². The highest BCUT2D eigenvalue weighted by molar-refractivity contribution is 5.49. The highest BCUT2D eigenvalue weighted by Gasteiger charge is 2.24. The first-order valence-corrected chi connectivity index (χ1v) is 6.40. The molecule has 0 radical (unpaired) electrons. The second-order valence-electron chi connectivity index (χ2n) is 5.42. The summed E-state index contributed by atoms with van der Waals surface area (Å²) in [5.74, 6) is 0.660. The van der Waals surface area contributed by atoms with Gasteiger partial charge >= 0.3 is 0 Å². The number of rotatable bonds is 3. The summed E-state index contributed by atoms with van der Waals surface area (Å²) in [4.78, 5) is 12.6. The van der Waals surface area contributed by atoms with Crippen LogP contribution in [0.5, 0.6) is 0 Å². The summed E-state index contributed by atoms with van der Waals surface area (Å²) < 4.78 is 0. The van der Waals surface area contributed by atoms with Crippen LogP contribution < -0.4 is 4.90 Å². The first-order chi connectivity index (χ1) is 8.99. The van der Waals surface area contributed by atoms with E-state index in [4.69, 9.17) is 5.26 Å². The standard InChI is InChI=1S/C13H19N5O/c1-13(2,19)10-17-5-7-18(8-6-17)12-11(9-14)15-3-4-16-12/h3-4,19H,5-8,10H2,1-2H3. The lowest BCUT2D eigenvalue weighted by molar-refractivity contribution is 0.0344. The van der Waals surface area contributed by atoms with Crippen molar-refractivity contribution in [1.82, 2.24) is 14.9 Å². The average molecular weight is 261 g/mol. The Labute approximate surface area is 113 Å². The summed E-state index contributed by atoms with van der Waals surface area (Å²) >= 11 is 0. The summed E-state index contributed by atoms with van der Waals surface area (Å²) in [6.07, 6.45) is 3.14. The van der Waals surface area contributed by atoms with Crippen LogP contribution in [-0.2, 0) is 0 Å². The highest BCUT2D eigenvalue weighted by Crippen LogP contribution is 2.17. The molecule has 2 heterocycles. The molecule has 1 N–H and O–H groups in total. The fourth-order valence-electron chi connectivity index (χ4n) is 2.31. The maximum atomic E-state index is 9.81. The predicted octanol–water partition coefficient (Wildman–Crippen LogP) is 0.241. The number of β-amino-alcohol motifs (C(OH)–C–C–N with tert-alkyl or cyclic N) is 1. The third-order valence-corrected chi connectivity index (χ3v) is 3.07. The third kappa shape index (κ3) is 3.63. The molecule has 0 unspecified atom stereocenters. The SMILES string of the molecule is CC(C)(O)CN1CCN(c2nccnc2C#N)CC1. The molecule has 1 aliphatic rings. The summed E-state index contributed by atoms with van der Waals surface area (Å²) in [5, 5.41) is 18.8. The zero-order chi connectivity index (χ0) is 13.9. The van der Waals surface area contributed by atoms with Gasteiger partial charge in [0.2, 0.25) is 0 Å². The van der Waals surface area contributed by atoms with Crippen molar-refractivity contribution in [3.05, 3.63) is 18.1 Å². The first-order valence-electron chi connectivity index (χ1n) is 6.40. The fourth-order valence-corrected chi connectivity index (χ4v) is 2.31. The van der Waals surface area contributed by atoms with Gasteiger partial charge in [-0.3, -0.25) is 4.90 Å². The van der Waals surface area contributed by atoms with Gasteiger partial charge in [-0.05, 0) is 13.8 Å². The Morgan fingerprint density at radius 2 is 1.89 bits per heavy atom. The predicted molar refractivity (Wildman–Crippen MR) is 71.7 cm³/mol. The summed E-state index contributed by atoms with van der Waals surface area (Å²) in [6.45, 7) is 7.59. The van der Waals surface area contributed by atoms with Gasteiger partial charge in [0.1, 0.15) is 6.07 Å². The Kier molecular flexibility index (Phi) is 3.98. The molecule has 1 aliphatic heterocycles. The number of hydrogen-bond donors (Lipinski definition) is 1. The monoisotopic (exact) mass is 261 g/mol. The number of hydrogen-bond acceptors (Lipinski definition) is 6. The minimum Gasteiger partial charge on any atom is -0.389 e. The molecule has 0 aromatic carbocycles. The Bertz CT molecular complexity index is 469. The van der Waals surface area contributed by atoms with Crippen molar-refractivity contribution in [3.63, 3.8) is 0 Å². The summed E-state index contributed by atoms with van der Waals surface area (Å²) in [6, 6.07) is 2.07. The molecule has 6 nitrogen and oxygen atoms in total. The fraction of sp³-hybridized carbons (Fsp3) is 0.615. The van der Waals surface area contributed by atoms with Gasteiger partial charge in [-0.15, -0.1) is 0 Å². The zero-order valence-electron chi connectivity index (χ0n) is 11.4. The van der Waals surface area contributed by atoms with Crippen molar-refractivity contribution in [2.45, 2.75) is 19.4 Å². The van der Waals surface area contributed by atoms with Crippen molar-refractivity contribution in [1.29, 1.82) is 5.26 Å². The lowest BCUT2D eigenvalue weighted by atomic mass is 10.1. The molecule has 19 heavy (non-hydrogen) atoms. The Morgan fingerprint density at radius 3 is 2.47 bits per heavy atom. The molecule has 0 aliphatic carbocycles. The van der Waals surface area contributed by atoms with E-state index in [9.17, 15) is 5.11 Å². The van der Waals surface area contributed by atoms with E-state index >= 15 is 0 Å². The zero-order valence-corrected chi connectivity index (χ0v) is 11.4. The summed E-state index contributed by atoms with van der Waals surface area (Å²) in [5.41, 5.74) is -0.301. The molecule has 1 saturated heterocycles. The Morgan fingerprint density at radius 1 is 1.26 bits per heavy atom. The highest BCUT2D eigenvalue weighted by atomic mass is 16.3. The lowest BCUT2D eigenvalue weighted by Crippen LogP contribution is -2.50. The molecule has 1 aromatic rings. The van der Waals surface area contributed by atoms with Crippen LogP contribution in [0.4, 0.5) is 5.82 Å². The van der Waals surface area contributed by atoms with Crippen LogP contribution in [0.25, 0.3) is 0 Å². The van der Waals surface area contributed by atoms with Crippen molar-refractivity contribution in [2.24, 2.45) is 0 Å². The molecule has 1 fully saturated rings. The van der Waals surface area contributed by atoms with Crippen molar-refractivity contribution >= 4 is 5.82 Å². The van der Waals surface area contributed by atoms with Gasteiger partial charge in [-0.2, -0.15) is 5.26 Å². The van der Waals surface area contributed by atoms with Crippen LogP contribution in [-0.4, -0.2) is 58.3 Å². The van der Waals surface area contributed by atoms with E-state index in [0.29, 0.717) is 18.1 Å². The van der Waals surface area contributed by atoms with Crippen LogP contribution in [0.15, 0.2) is 12.4 Å². The van der Waals surface area contributed by atoms with E-state index < -0.39 is 5.60 Å². The molecule has 0 bridgehead atoms. The van der Waals surface area contributed by atoms with Crippen LogP contribution in [0.3, 0.4) is 0 Å². The molecule has 0 amide bonds. The van der Waals surface area contributed by atoms with Crippen molar-refractivity contribution in [3.8, 4) is 6.07 Å². The lowest BCUT2D eigenvalue weighted by Gasteiger charge is -2.37. The van der Waals surface area contributed by atoms with E-state index in [1.807, 2.05) is 13.8 Å². The minimum absolute atomic E-state index is 0.374. The quantitative estimate of drug-likeness (QED) is 0.840. The van der Waals surface area contributed by atoms with E-state index in [-0.39, 0.29) is 0 Å². The minimum atomic E-state index is -0.674. The Hall–Kier alpha value is -1.71. The molecular weight excluding hydrogens is 242 g/mol. The van der Waals surface area contributed by atoms with Crippen LogP contribution in [0.1, 0.15) is 19.5 Å². The van der Waals surface area contributed by atoms with Gasteiger partial charge in [0, 0.05) is 45.1 Å². The number of aliphatic hydroxyl groups is 1. The topological polar surface area (TPSA) is 76.3 Å². The van der Waals surface area contributed by atoms with Gasteiger partial charge in [0.25, 0.3) is 0 Å². The number of anilines is 1. The number of aromatic nitrogens is 2. The molecule has 6 heteroatoms. The van der Waals surface area contributed by atoms with Gasteiger partial charge in [0.05, 0.1) is 5.60 Å². The van der Waals surface area contributed by atoms with E-state index in [1.54, 1.807) is 6.20 Å². The molecule has 1 aromatic heterocycles. The van der Waals surface area contributed by atoms with Crippen LogP contribution in [0.2, 0.25) is 0 Å². The molecule has 0 spiro atoms. The average Bonchev–Trinajstić information content (AvgIpc) is 2.38. The second kappa shape index (κ2) is 5.51. The number of nitriles is 1. The van der Waals surface area contributed by atoms with Crippen molar-refractivity contribution in [2.75, 3.05) is 37.6 Å². The second-order valence-corrected chi connectivity index (χ2v) is 5.42. The van der Waals surface area contributed by atoms with Crippen molar-refractivity contribution < 1.29 is 5.11 Å².